The van der Waals surface area contributed by atoms with E-state index in [1.54, 1.807) is 7.05 Å². The Hall–Kier alpha value is -1.97. The fraction of sp³-hybridized carbons (Fsp3) is 0.357. The van der Waals surface area contributed by atoms with Crippen molar-refractivity contribution in [3.8, 4) is 0 Å². The number of benzene rings is 1. The van der Waals surface area contributed by atoms with Gasteiger partial charge in [-0.3, -0.25) is 4.57 Å². The maximum absolute atomic E-state index is 11.4. The maximum Gasteiger partial charge on any atom is 0.419 e. The van der Waals surface area contributed by atoms with Crippen molar-refractivity contribution in [2.45, 2.75) is 25.8 Å². The maximum atomic E-state index is 11.4. The summed E-state index contributed by atoms with van der Waals surface area (Å²) in [6.07, 6.45) is 3.93. The average Bonchev–Trinajstić information content (AvgIpc) is 2.62. The molecule has 0 bridgehead atoms. The largest absolute Gasteiger partial charge is 0.419 e. The Labute approximate surface area is 106 Å². The van der Waals surface area contributed by atoms with Gasteiger partial charge in [-0.05, 0) is 31.9 Å². The Bertz CT molecular complexity index is 610. The second kappa shape index (κ2) is 5.12. The van der Waals surface area contributed by atoms with Crippen LogP contribution >= 0.6 is 0 Å². The van der Waals surface area contributed by atoms with Crippen LogP contribution in [-0.2, 0) is 7.05 Å². The minimum absolute atomic E-state index is 0.332. The lowest BCUT2D eigenvalue weighted by Gasteiger charge is -2.14. The van der Waals surface area contributed by atoms with Gasteiger partial charge in [0.1, 0.15) is 0 Å². The van der Waals surface area contributed by atoms with Crippen molar-refractivity contribution in [3.05, 3.63) is 41.4 Å². The molecule has 0 unspecified atom stereocenters. The molecule has 1 heterocycles. The second-order valence-electron chi connectivity index (χ2n) is 4.52. The van der Waals surface area contributed by atoms with E-state index in [4.69, 9.17) is 4.42 Å². The van der Waals surface area contributed by atoms with Crippen LogP contribution in [0.2, 0.25) is 0 Å². The van der Waals surface area contributed by atoms with Crippen molar-refractivity contribution in [1.29, 1.82) is 0 Å². The van der Waals surface area contributed by atoms with Crippen LogP contribution in [-0.4, -0.2) is 10.6 Å². The van der Waals surface area contributed by atoms with Gasteiger partial charge in [0.15, 0.2) is 5.58 Å². The van der Waals surface area contributed by atoms with E-state index in [0.717, 1.165) is 24.0 Å². The third-order valence-electron chi connectivity index (χ3n) is 3.01. The zero-order valence-electron chi connectivity index (χ0n) is 10.8. The van der Waals surface area contributed by atoms with Gasteiger partial charge in [0.2, 0.25) is 0 Å². The summed E-state index contributed by atoms with van der Waals surface area (Å²) in [4.78, 5) is 11.4. The van der Waals surface area contributed by atoms with E-state index in [9.17, 15) is 4.79 Å². The van der Waals surface area contributed by atoms with Crippen molar-refractivity contribution < 1.29 is 4.42 Å². The van der Waals surface area contributed by atoms with Crippen LogP contribution in [0, 0.1) is 0 Å². The van der Waals surface area contributed by atoms with Gasteiger partial charge in [0.05, 0.1) is 5.52 Å². The Morgan fingerprint density at radius 3 is 3.06 bits per heavy atom. The fourth-order valence-corrected chi connectivity index (χ4v) is 1.95. The molecule has 0 saturated heterocycles. The Morgan fingerprint density at radius 2 is 2.33 bits per heavy atom. The highest BCUT2D eigenvalue weighted by Gasteiger charge is 2.07. The third kappa shape index (κ3) is 2.47. The van der Waals surface area contributed by atoms with E-state index < -0.39 is 0 Å². The Morgan fingerprint density at radius 1 is 1.56 bits per heavy atom. The summed E-state index contributed by atoms with van der Waals surface area (Å²) in [5.74, 6) is -0.332. The molecule has 0 amide bonds. The number of rotatable bonds is 5. The van der Waals surface area contributed by atoms with Gasteiger partial charge < -0.3 is 9.73 Å². The Kier molecular flexibility index (Phi) is 3.55. The summed E-state index contributed by atoms with van der Waals surface area (Å²) in [6, 6.07) is 6.07. The van der Waals surface area contributed by atoms with Crippen LogP contribution in [0.4, 0.5) is 5.69 Å². The lowest BCUT2D eigenvalue weighted by Crippen LogP contribution is -2.14. The van der Waals surface area contributed by atoms with E-state index in [-0.39, 0.29) is 5.76 Å². The highest BCUT2D eigenvalue weighted by atomic mass is 16.4. The molecule has 0 fully saturated rings. The fourth-order valence-electron chi connectivity index (χ4n) is 1.95. The normalized spacial score (nSPS) is 12.6. The molecule has 1 atom stereocenters. The van der Waals surface area contributed by atoms with Gasteiger partial charge in [-0.25, -0.2) is 4.79 Å². The van der Waals surface area contributed by atoms with Gasteiger partial charge >= 0.3 is 5.76 Å². The zero-order chi connectivity index (χ0) is 13.1. The minimum atomic E-state index is -0.332. The molecule has 0 spiro atoms. The molecule has 96 valence electrons. The highest BCUT2D eigenvalue weighted by molar-refractivity contribution is 5.77. The summed E-state index contributed by atoms with van der Waals surface area (Å²) >= 11 is 0. The molecule has 0 aliphatic heterocycles. The lowest BCUT2D eigenvalue weighted by atomic mass is 10.1. The number of oxazole rings is 1. The number of hydrogen-bond donors (Lipinski definition) is 1. The molecule has 1 N–H and O–H groups in total. The monoisotopic (exact) mass is 246 g/mol. The highest BCUT2D eigenvalue weighted by Crippen LogP contribution is 2.19. The van der Waals surface area contributed by atoms with E-state index >= 15 is 0 Å². The number of aryl methyl sites for hydroxylation is 1. The smallest absolute Gasteiger partial charge is 0.408 e. The molecule has 4 nitrogen and oxygen atoms in total. The van der Waals surface area contributed by atoms with Gasteiger partial charge in [-0.15, -0.1) is 6.58 Å². The second-order valence-corrected chi connectivity index (χ2v) is 4.52. The van der Waals surface area contributed by atoms with Crippen molar-refractivity contribution in [2.75, 3.05) is 5.32 Å². The van der Waals surface area contributed by atoms with Crippen LogP contribution in [0.15, 0.2) is 40.1 Å². The SMILES string of the molecule is C=CCC[C@H](C)Nc1ccc2c(c1)oc(=O)n2C. The minimum Gasteiger partial charge on any atom is -0.408 e. The third-order valence-corrected chi connectivity index (χ3v) is 3.01. The molecule has 0 radical (unpaired) electrons. The predicted octanol–water partition coefficient (Wildman–Crippen LogP) is 2.90. The van der Waals surface area contributed by atoms with Crippen LogP contribution in [0.1, 0.15) is 19.8 Å². The number of anilines is 1. The molecule has 2 rings (SSSR count). The number of nitrogens with one attached hydrogen (secondary N) is 1. The van der Waals surface area contributed by atoms with E-state index in [1.165, 1.54) is 4.57 Å². The van der Waals surface area contributed by atoms with E-state index in [0.29, 0.717) is 11.6 Å². The van der Waals surface area contributed by atoms with Gasteiger partial charge in [-0.1, -0.05) is 6.08 Å². The first-order chi connectivity index (χ1) is 8.61. The number of allylic oxidation sites excluding steroid dienone is 1. The first-order valence-corrected chi connectivity index (χ1v) is 6.09. The topological polar surface area (TPSA) is 47.2 Å². The molecule has 0 aliphatic rings. The molecule has 2 aromatic rings. The molecular formula is C14H18N2O2. The van der Waals surface area contributed by atoms with Gasteiger partial charge in [-0.2, -0.15) is 0 Å². The standard InChI is InChI=1S/C14H18N2O2/c1-4-5-6-10(2)15-11-7-8-12-13(9-11)18-14(17)16(12)3/h4,7-10,15H,1,5-6H2,2-3H3/t10-/m0/s1. The van der Waals surface area contributed by atoms with Crippen molar-refractivity contribution in [2.24, 2.45) is 7.05 Å². The van der Waals surface area contributed by atoms with Crippen molar-refractivity contribution in [1.82, 2.24) is 4.57 Å². The van der Waals surface area contributed by atoms with E-state index in [1.807, 2.05) is 24.3 Å². The van der Waals surface area contributed by atoms with Crippen molar-refractivity contribution in [3.63, 3.8) is 0 Å². The van der Waals surface area contributed by atoms with Gasteiger partial charge in [0, 0.05) is 24.8 Å². The van der Waals surface area contributed by atoms with Crippen LogP contribution in [0.5, 0.6) is 0 Å². The zero-order valence-corrected chi connectivity index (χ0v) is 10.8. The molecule has 0 aliphatic carbocycles. The van der Waals surface area contributed by atoms with E-state index in [2.05, 4.69) is 18.8 Å². The first-order valence-electron chi connectivity index (χ1n) is 6.09. The number of nitrogens with zero attached hydrogens (tertiary/aromatic N) is 1. The number of fused-ring (bicyclic) bond motifs is 1. The van der Waals surface area contributed by atoms with Crippen LogP contribution in [0.25, 0.3) is 11.1 Å². The molecule has 4 heteroatoms. The molecule has 1 aromatic heterocycles. The molecule has 1 aromatic carbocycles. The van der Waals surface area contributed by atoms with Gasteiger partial charge in [0.25, 0.3) is 0 Å². The summed E-state index contributed by atoms with van der Waals surface area (Å²) in [5.41, 5.74) is 2.39. The summed E-state index contributed by atoms with van der Waals surface area (Å²) in [6.45, 7) is 5.83. The molecule has 0 saturated carbocycles. The number of hydrogen-bond acceptors (Lipinski definition) is 3. The lowest BCUT2D eigenvalue weighted by molar-refractivity contribution is 0.528. The summed E-state index contributed by atoms with van der Waals surface area (Å²) in [7, 11) is 1.70. The Balaban J connectivity index is 2.20. The number of aromatic nitrogens is 1. The van der Waals surface area contributed by atoms with Crippen LogP contribution < -0.4 is 11.1 Å². The quantitative estimate of drug-likeness (QED) is 0.825. The predicted molar refractivity (Wildman–Crippen MR) is 74.0 cm³/mol. The first kappa shape index (κ1) is 12.5. The average molecular weight is 246 g/mol. The molecule has 18 heavy (non-hydrogen) atoms. The van der Waals surface area contributed by atoms with Crippen LogP contribution in [0.3, 0.4) is 0 Å². The molecular weight excluding hydrogens is 228 g/mol. The van der Waals surface area contributed by atoms with Crippen molar-refractivity contribution >= 4 is 16.8 Å². The summed E-state index contributed by atoms with van der Waals surface area (Å²) < 4.78 is 6.65. The summed E-state index contributed by atoms with van der Waals surface area (Å²) in [5, 5.41) is 3.38.